The van der Waals surface area contributed by atoms with Crippen LogP contribution in [-0.2, 0) is 4.79 Å². The van der Waals surface area contributed by atoms with Crippen LogP contribution in [0.2, 0.25) is 0 Å². The number of carbonyl (C=O) groups is 2. The van der Waals surface area contributed by atoms with Crippen molar-refractivity contribution in [1.29, 1.82) is 0 Å². The number of hydrogen-bond donors (Lipinski definition) is 0. The third-order valence-corrected chi connectivity index (χ3v) is 6.31. The van der Waals surface area contributed by atoms with E-state index >= 15 is 0 Å². The van der Waals surface area contributed by atoms with Crippen molar-refractivity contribution in [2.75, 3.05) is 0 Å². The summed E-state index contributed by atoms with van der Waals surface area (Å²) in [7, 11) is 0. The smallest absolute Gasteiger partial charge is 0.293 e. The molecule has 0 aliphatic carbocycles. The molecule has 0 fully saturated rings. The molecule has 0 bridgehead atoms. The molecule has 0 saturated heterocycles. The monoisotopic (exact) mass is 404 g/mol. The van der Waals surface area contributed by atoms with Crippen LogP contribution in [0.5, 0.6) is 0 Å². The van der Waals surface area contributed by atoms with Crippen LogP contribution in [0.3, 0.4) is 0 Å². The second kappa shape index (κ2) is 6.58. The number of halogens is 3. The molecule has 0 spiro atoms. The molecule has 2 nitrogen and oxygen atoms in total. The molecule has 2 heterocycles. The molecule has 2 aromatic carbocycles. The largest absolute Gasteiger partial charge is 0.450 e. The van der Waals surface area contributed by atoms with Crippen LogP contribution in [0, 0.1) is 0 Å². The molecule has 4 aromatic rings. The number of ketones is 2. The predicted octanol–water partition coefficient (Wildman–Crippen LogP) is 6.49. The van der Waals surface area contributed by atoms with Gasteiger partial charge in [-0.1, -0.05) is 30.3 Å². The number of fused-ring (bicyclic) bond motifs is 3. The molecule has 0 aliphatic rings. The fourth-order valence-corrected chi connectivity index (χ4v) is 4.94. The van der Waals surface area contributed by atoms with Crippen LogP contribution in [0.1, 0.15) is 16.1 Å². The van der Waals surface area contributed by atoms with Crippen LogP contribution in [0.15, 0.2) is 53.9 Å². The molecule has 0 radical (unpaired) electrons. The van der Waals surface area contributed by atoms with Gasteiger partial charge in [0.25, 0.3) is 0 Å². The summed E-state index contributed by atoms with van der Waals surface area (Å²) in [4.78, 5) is 23.6. The lowest BCUT2D eigenvalue weighted by atomic mass is 10.0. The number of alkyl halides is 3. The Kier molecular flexibility index (Phi) is 4.36. The van der Waals surface area contributed by atoms with Crippen molar-refractivity contribution in [2.24, 2.45) is 0 Å². The van der Waals surface area contributed by atoms with Gasteiger partial charge in [-0.05, 0) is 29.1 Å². The van der Waals surface area contributed by atoms with Gasteiger partial charge in [0, 0.05) is 25.7 Å². The zero-order valence-corrected chi connectivity index (χ0v) is 15.3. The Morgan fingerprint density at radius 1 is 0.963 bits per heavy atom. The van der Waals surface area contributed by atoms with E-state index < -0.39 is 24.2 Å². The van der Waals surface area contributed by atoms with Crippen molar-refractivity contribution in [3.8, 4) is 11.1 Å². The third-order valence-electron chi connectivity index (χ3n) is 4.23. The van der Waals surface area contributed by atoms with E-state index in [1.165, 1.54) is 0 Å². The summed E-state index contributed by atoms with van der Waals surface area (Å²) < 4.78 is 39.3. The van der Waals surface area contributed by atoms with Crippen molar-refractivity contribution in [3.63, 3.8) is 0 Å². The fraction of sp³-hybridized carbons (Fsp3) is 0.100. The number of thiophene rings is 2. The Labute approximate surface area is 159 Å². The molecule has 0 amide bonds. The first-order valence-corrected chi connectivity index (χ1v) is 9.66. The molecule has 7 heteroatoms. The molecule has 0 N–H and O–H groups in total. The Balaban J connectivity index is 1.86. The lowest BCUT2D eigenvalue weighted by Crippen LogP contribution is -2.25. The number of benzene rings is 2. The number of rotatable bonds is 4. The van der Waals surface area contributed by atoms with Crippen LogP contribution < -0.4 is 0 Å². The van der Waals surface area contributed by atoms with Crippen molar-refractivity contribution < 1.29 is 22.8 Å². The van der Waals surface area contributed by atoms with E-state index in [2.05, 4.69) is 0 Å². The summed E-state index contributed by atoms with van der Waals surface area (Å²) in [5.74, 6) is -2.82. The number of hydrogen-bond acceptors (Lipinski definition) is 4. The van der Waals surface area contributed by atoms with Gasteiger partial charge in [-0.15, -0.1) is 22.7 Å². The number of carbonyl (C=O) groups excluding carboxylic acids is 2. The van der Waals surface area contributed by atoms with Crippen LogP contribution in [0.4, 0.5) is 13.2 Å². The Bertz CT molecular complexity index is 1170. The van der Waals surface area contributed by atoms with Crippen LogP contribution in [0.25, 0.3) is 31.3 Å². The molecular weight excluding hydrogens is 393 g/mol. The minimum atomic E-state index is -5.00. The minimum absolute atomic E-state index is 0.165. The quantitative estimate of drug-likeness (QED) is 0.288. The maximum atomic E-state index is 12.5. The molecule has 0 aliphatic heterocycles. The van der Waals surface area contributed by atoms with E-state index in [4.69, 9.17) is 0 Å². The molecule has 0 saturated carbocycles. The van der Waals surface area contributed by atoms with E-state index in [0.717, 1.165) is 42.6 Å². The van der Waals surface area contributed by atoms with E-state index in [1.54, 1.807) is 17.4 Å². The molecule has 0 atom stereocenters. The fourth-order valence-electron chi connectivity index (χ4n) is 2.95. The van der Waals surface area contributed by atoms with Crippen LogP contribution in [-0.4, -0.2) is 17.7 Å². The summed E-state index contributed by atoms with van der Waals surface area (Å²) in [5, 5.41) is 3.71. The summed E-state index contributed by atoms with van der Waals surface area (Å²) in [5.41, 5.74) is 1.89. The van der Waals surface area contributed by atoms with Gasteiger partial charge in [0.1, 0.15) is 0 Å². The van der Waals surface area contributed by atoms with E-state index in [9.17, 15) is 22.8 Å². The SMILES string of the molecule is O=C(CC(=O)C(F)(F)F)c1cc2c(s1)c(-c1ccccc1)cc1sccc12. The molecule has 4 rings (SSSR count). The maximum absolute atomic E-state index is 12.5. The lowest BCUT2D eigenvalue weighted by molar-refractivity contribution is -0.170. The Hall–Kier alpha value is -2.51. The molecule has 2 aromatic heterocycles. The molecule has 27 heavy (non-hydrogen) atoms. The average molecular weight is 404 g/mol. The van der Waals surface area contributed by atoms with Gasteiger partial charge >= 0.3 is 6.18 Å². The lowest BCUT2D eigenvalue weighted by Gasteiger charge is -2.04. The van der Waals surface area contributed by atoms with Gasteiger partial charge in [-0.3, -0.25) is 9.59 Å². The summed E-state index contributed by atoms with van der Waals surface area (Å²) >= 11 is 2.69. The van der Waals surface area contributed by atoms with E-state index in [1.807, 2.05) is 47.8 Å². The highest BCUT2D eigenvalue weighted by molar-refractivity contribution is 7.22. The second-order valence-electron chi connectivity index (χ2n) is 6.00. The van der Waals surface area contributed by atoms with Crippen LogP contribution >= 0.6 is 22.7 Å². The van der Waals surface area contributed by atoms with E-state index in [0.29, 0.717) is 0 Å². The topological polar surface area (TPSA) is 34.1 Å². The zero-order valence-electron chi connectivity index (χ0n) is 13.7. The van der Waals surface area contributed by atoms with Gasteiger partial charge in [-0.25, -0.2) is 0 Å². The van der Waals surface area contributed by atoms with Gasteiger partial charge in [0.2, 0.25) is 5.78 Å². The number of Topliss-reactive ketones (excluding diaryl/α,β-unsaturated/α-hetero) is 2. The third kappa shape index (κ3) is 3.28. The van der Waals surface area contributed by atoms with Gasteiger partial charge in [0.05, 0.1) is 11.3 Å². The standard InChI is InChI=1S/C20H11F3O2S2/c21-20(22,23)18(25)10-15(24)17-9-14-12-6-7-26-16(12)8-13(19(14)27-17)11-4-2-1-3-5-11/h1-9H,10H2. The van der Waals surface area contributed by atoms with Crippen molar-refractivity contribution >= 4 is 54.4 Å². The first-order valence-electron chi connectivity index (χ1n) is 7.97. The molecule has 0 unspecified atom stereocenters. The van der Waals surface area contributed by atoms with Crippen molar-refractivity contribution in [2.45, 2.75) is 12.6 Å². The predicted molar refractivity (Wildman–Crippen MR) is 103 cm³/mol. The Morgan fingerprint density at radius 2 is 1.70 bits per heavy atom. The highest BCUT2D eigenvalue weighted by atomic mass is 32.1. The Morgan fingerprint density at radius 3 is 2.41 bits per heavy atom. The van der Waals surface area contributed by atoms with Crippen molar-refractivity contribution in [1.82, 2.24) is 0 Å². The van der Waals surface area contributed by atoms with Crippen molar-refractivity contribution in [3.05, 3.63) is 58.8 Å². The average Bonchev–Trinajstić information content (AvgIpc) is 3.27. The normalized spacial score (nSPS) is 12.0. The van der Waals surface area contributed by atoms with Gasteiger partial charge < -0.3 is 0 Å². The highest BCUT2D eigenvalue weighted by Crippen LogP contribution is 2.41. The summed E-state index contributed by atoms with van der Waals surface area (Å²) in [6.07, 6.45) is -6.16. The minimum Gasteiger partial charge on any atom is -0.293 e. The second-order valence-corrected chi connectivity index (χ2v) is 8.00. The highest BCUT2D eigenvalue weighted by Gasteiger charge is 2.39. The summed E-state index contributed by atoms with van der Waals surface area (Å²) in [6.45, 7) is 0. The first kappa shape index (κ1) is 17.9. The van der Waals surface area contributed by atoms with Gasteiger partial charge in [-0.2, -0.15) is 13.2 Å². The molecule has 136 valence electrons. The molecular formula is C20H11F3O2S2. The summed E-state index contributed by atoms with van der Waals surface area (Å²) in [6, 6.07) is 15.2. The maximum Gasteiger partial charge on any atom is 0.450 e. The zero-order chi connectivity index (χ0) is 19.2. The van der Waals surface area contributed by atoms with Gasteiger partial charge in [0.15, 0.2) is 5.78 Å². The first-order chi connectivity index (χ1) is 12.8. The van der Waals surface area contributed by atoms with E-state index in [-0.39, 0.29) is 4.88 Å².